The Kier molecular flexibility index (Phi) is 1.82. The number of aromatic nitrogens is 1. The second-order valence-electron chi connectivity index (χ2n) is 3.84. The van der Waals surface area contributed by atoms with Gasteiger partial charge in [-0.15, -0.1) is 0 Å². The standard InChI is InChI=1S/C12H8N2O3/c15-8-2-4-12-10(6-8)9-5-7(14(16)17)1-3-11(9)13-12/h1-6,13,15H. The fraction of sp³-hybridized carbons (Fsp3) is 0. The van der Waals surface area contributed by atoms with Crippen LogP contribution in [0.4, 0.5) is 5.69 Å². The predicted molar refractivity (Wildman–Crippen MR) is 64.1 cm³/mol. The first-order chi connectivity index (χ1) is 8.15. The normalized spacial score (nSPS) is 11.1. The highest BCUT2D eigenvalue weighted by molar-refractivity contribution is 6.08. The molecule has 0 spiro atoms. The van der Waals surface area contributed by atoms with Crippen molar-refractivity contribution in [3.63, 3.8) is 0 Å². The molecule has 2 N–H and O–H groups in total. The number of H-pyrrole nitrogens is 1. The monoisotopic (exact) mass is 228 g/mol. The first-order valence-corrected chi connectivity index (χ1v) is 5.04. The number of fused-ring (bicyclic) bond motifs is 3. The van der Waals surface area contributed by atoms with Crippen molar-refractivity contribution >= 4 is 27.5 Å². The maximum atomic E-state index is 10.7. The van der Waals surface area contributed by atoms with Crippen molar-refractivity contribution < 1.29 is 10.0 Å². The molecular weight excluding hydrogens is 220 g/mol. The van der Waals surface area contributed by atoms with Crippen LogP contribution in [0.3, 0.4) is 0 Å². The number of non-ortho nitro benzene ring substituents is 1. The van der Waals surface area contributed by atoms with E-state index in [-0.39, 0.29) is 11.4 Å². The molecule has 2 aromatic carbocycles. The van der Waals surface area contributed by atoms with Crippen molar-refractivity contribution in [1.82, 2.24) is 4.98 Å². The lowest BCUT2D eigenvalue weighted by Crippen LogP contribution is -1.86. The van der Waals surface area contributed by atoms with Gasteiger partial charge in [0.05, 0.1) is 4.92 Å². The molecular formula is C12H8N2O3. The predicted octanol–water partition coefficient (Wildman–Crippen LogP) is 2.93. The summed E-state index contributed by atoms with van der Waals surface area (Å²) in [6, 6.07) is 9.55. The summed E-state index contributed by atoms with van der Waals surface area (Å²) in [5.74, 6) is 0.143. The number of rotatable bonds is 1. The van der Waals surface area contributed by atoms with E-state index >= 15 is 0 Å². The zero-order valence-electron chi connectivity index (χ0n) is 8.68. The summed E-state index contributed by atoms with van der Waals surface area (Å²) in [5.41, 5.74) is 1.70. The highest BCUT2D eigenvalue weighted by atomic mass is 16.6. The maximum absolute atomic E-state index is 10.7. The largest absolute Gasteiger partial charge is 0.508 e. The Labute approximate surface area is 95.5 Å². The molecule has 3 rings (SSSR count). The molecule has 0 bridgehead atoms. The molecule has 0 aliphatic carbocycles. The van der Waals surface area contributed by atoms with Gasteiger partial charge in [-0.1, -0.05) is 0 Å². The third-order valence-corrected chi connectivity index (χ3v) is 2.78. The molecule has 0 unspecified atom stereocenters. The van der Waals surface area contributed by atoms with Crippen LogP contribution in [0.15, 0.2) is 36.4 Å². The Morgan fingerprint density at radius 2 is 1.71 bits per heavy atom. The Morgan fingerprint density at radius 1 is 1.06 bits per heavy atom. The molecule has 5 heteroatoms. The van der Waals surface area contributed by atoms with E-state index in [1.54, 1.807) is 24.3 Å². The Morgan fingerprint density at radius 3 is 2.41 bits per heavy atom. The van der Waals surface area contributed by atoms with Crippen molar-refractivity contribution in [3.05, 3.63) is 46.5 Å². The van der Waals surface area contributed by atoms with E-state index in [2.05, 4.69) is 4.98 Å². The summed E-state index contributed by atoms with van der Waals surface area (Å²) in [6.07, 6.45) is 0. The van der Waals surface area contributed by atoms with Crippen LogP contribution in [0.1, 0.15) is 0 Å². The second kappa shape index (κ2) is 3.21. The first-order valence-electron chi connectivity index (χ1n) is 5.04. The van der Waals surface area contributed by atoms with Crippen molar-refractivity contribution in [3.8, 4) is 5.75 Å². The van der Waals surface area contributed by atoms with Crippen molar-refractivity contribution in [2.45, 2.75) is 0 Å². The highest BCUT2D eigenvalue weighted by Crippen LogP contribution is 2.30. The van der Waals surface area contributed by atoms with E-state index in [0.717, 1.165) is 21.8 Å². The maximum Gasteiger partial charge on any atom is 0.270 e. The molecule has 0 atom stereocenters. The smallest absolute Gasteiger partial charge is 0.270 e. The summed E-state index contributed by atoms with van der Waals surface area (Å²) in [6.45, 7) is 0. The van der Waals surface area contributed by atoms with Crippen molar-refractivity contribution in [1.29, 1.82) is 0 Å². The van der Waals surface area contributed by atoms with Crippen LogP contribution in [0, 0.1) is 10.1 Å². The lowest BCUT2D eigenvalue weighted by molar-refractivity contribution is -0.384. The van der Waals surface area contributed by atoms with Crippen LogP contribution in [-0.2, 0) is 0 Å². The van der Waals surface area contributed by atoms with E-state index in [9.17, 15) is 15.2 Å². The third-order valence-electron chi connectivity index (χ3n) is 2.78. The van der Waals surface area contributed by atoms with E-state index in [1.165, 1.54) is 12.1 Å². The molecule has 0 aliphatic rings. The van der Waals surface area contributed by atoms with Crippen LogP contribution in [0.5, 0.6) is 5.75 Å². The number of aromatic amines is 1. The highest BCUT2D eigenvalue weighted by Gasteiger charge is 2.10. The summed E-state index contributed by atoms with van der Waals surface area (Å²) >= 11 is 0. The lowest BCUT2D eigenvalue weighted by atomic mass is 10.1. The van der Waals surface area contributed by atoms with Gasteiger partial charge >= 0.3 is 0 Å². The van der Waals surface area contributed by atoms with Gasteiger partial charge in [-0.3, -0.25) is 10.1 Å². The fourth-order valence-corrected chi connectivity index (χ4v) is 1.99. The van der Waals surface area contributed by atoms with Crippen molar-refractivity contribution in [2.75, 3.05) is 0 Å². The third kappa shape index (κ3) is 1.40. The number of aromatic hydroxyl groups is 1. The minimum atomic E-state index is -0.429. The Hall–Kier alpha value is -2.56. The molecule has 5 nitrogen and oxygen atoms in total. The number of hydrogen-bond acceptors (Lipinski definition) is 3. The topological polar surface area (TPSA) is 79.2 Å². The lowest BCUT2D eigenvalue weighted by Gasteiger charge is -1.93. The summed E-state index contributed by atoms with van der Waals surface area (Å²) in [7, 11) is 0. The summed E-state index contributed by atoms with van der Waals surface area (Å²) in [5, 5.41) is 21.7. The van der Waals surface area contributed by atoms with Gasteiger partial charge in [-0.25, -0.2) is 0 Å². The molecule has 3 aromatic rings. The first kappa shape index (κ1) is 9.65. The zero-order valence-corrected chi connectivity index (χ0v) is 8.68. The van der Waals surface area contributed by atoms with Gasteiger partial charge in [-0.05, 0) is 24.3 Å². The molecule has 1 heterocycles. The van der Waals surface area contributed by atoms with Gasteiger partial charge in [0, 0.05) is 33.9 Å². The molecule has 0 saturated heterocycles. The van der Waals surface area contributed by atoms with Gasteiger partial charge in [0.15, 0.2) is 0 Å². The second-order valence-corrected chi connectivity index (χ2v) is 3.84. The Balaban J connectivity index is 2.43. The number of benzene rings is 2. The Bertz CT molecular complexity index is 746. The van der Waals surface area contributed by atoms with Crippen LogP contribution < -0.4 is 0 Å². The van der Waals surface area contributed by atoms with E-state index < -0.39 is 4.92 Å². The van der Waals surface area contributed by atoms with Gasteiger partial charge in [-0.2, -0.15) is 0 Å². The minimum absolute atomic E-state index is 0.0433. The molecule has 0 aliphatic heterocycles. The average Bonchev–Trinajstić information content (AvgIpc) is 2.66. The number of nitro groups is 1. The number of nitro benzene ring substituents is 1. The molecule has 0 saturated carbocycles. The van der Waals surface area contributed by atoms with E-state index in [4.69, 9.17) is 0 Å². The number of hydrogen-bond donors (Lipinski definition) is 2. The average molecular weight is 228 g/mol. The van der Waals surface area contributed by atoms with Gasteiger partial charge < -0.3 is 10.1 Å². The van der Waals surface area contributed by atoms with Gasteiger partial charge in [0.25, 0.3) is 5.69 Å². The molecule has 17 heavy (non-hydrogen) atoms. The molecule has 0 fully saturated rings. The molecule has 0 radical (unpaired) electrons. The summed E-state index contributed by atoms with van der Waals surface area (Å²) < 4.78 is 0. The number of phenols is 1. The SMILES string of the molecule is O=[N+]([O-])c1ccc2[nH]c3ccc(O)cc3c2c1. The molecule has 1 aromatic heterocycles. The van der Waals surface area contributed by atoms with Crippen LogP contribution in [0.25, 0.3) is 21.8 Å². The van der Waals surface area contributed by atoms with E-state index in [0.29, 0.717) is 0 Å². The van der Waals surface area contributed by atoms with Gasteiger partial charge in [0.2, 0.25) is 0 Å². The summed E-state index contributed by atoms with van der Waals surface area (Å²) in [4.78, 5) is 13.4. The number of nitrogens with one attached hydrogen (secondary N) is 1. The van der Waals surface area contributed by atoms with Gasteiger partial charge in [0.1, 0.15) is 5.75 Å². The number of phenolic OH excluding ortho intramolecular Hbond substituents is 1. The van der Waals surface area contributed by atoms with Crippen LogP contribution >= 0.6 is 0 Å². The number of nitrogens with zero attached hydrogens (tertiary/aromatic N) is 1. The molecule has 84 valence electrons. The zero-order chi connectivity index (χ0) is 12.0. The fourth-order valence-electron chi connectivity index (χ4n) is 1.99. The van der Waals surface area contributed by atoms with Crippen molar-refractivity contribution in [2.24, 2.45) is 0 Å². The minimum Gasteiger partial charge on any atom is -0.508 e. The molecule has 0 amide bonds. The van der Waals surface area contributed by atoms with E-state index in [1.807, 2.05) is 0 Å². The van der Waals surface area contributed by atoms with Crippen LogP contribution in [0.2, 0.25) is 0 Å². The quantitative estimate of drug-likeness (QED) is 0.496. The van der Waals surface area contributed by atoms with Crippen LogP contribution in [-0.4, -0.2) is 15.0 Å².